The monoisotopic (exact) mass is 320 g/mol. The van der Waals surface area contributed by atoms with Crippen LogP contribution in [0, 0.1) is 0 Å². The number of benzene rings is 1. The molecule has 0 aromatic heterocycles. The highest BCUT2D eigenvalue weighted by molar-refractivity contribution is 7.99. The second kappa shape index (κ2) is 7.04. The predicted octanol–water partition coefficient (Wildman–Crippen LogP) is 2.62. The molecule has 0 bridgehead atoms. The van der Waals surface area contributed by atoms with Gasteiger partial charge in [0, 0.05) is 42.3 Å². The van der Waals surface area contributed by atoms with Crippen molar-refractivity contribution in [1.82, 2.24) is 5.32 Å². The SMILES string of the molecule is O=C(CC1CSCCN1)Nc1cccc(OC(F)(F)F)c1. The van der Waals surface area contributed by atoms with E-state index in [1.54, 1.807) is 11.8 Å². The molecule has 1 fully saturated rings. The summed E-state index contributed by atoms with van der Waals surface area (Å²) in [6.45, 7) is 0.859. The topological polar surface area (TPSA) is 50.4 Å². The summed E-state index contributed by atoms with van der Waals surface area (Å²) >= 11 is 1.77. The Balaban J connectivity index is 1.89. The summed E-state index contributed by atoms with van der Waals surface area (Å²) in [5, 5.41) is 5.80. The zero-order valence-electron chi connectivity index (χ0n) is 11.1. The molecular formula is C13H15F3N2O2S. The van der Waals surface area contributed by atoms with Gasteiger partial charge in [-0.3, -0.25) is 4.79 Å². The van der Waals surface area contributed by atoms with Crippen molar-refractivity contribution in [2.75, 3.05) is 23.4 Å². The molecule has 116 valence electrons. The molecule has 1 aromatic carbocycles. The van der Waals surface area contributed by atoms with Crippen molar-refractivity contribution in [2.24, 2.45) is 0 Å². The van der Waals surface area contributed by atoms with Gasteiger partial charge in [-0.15, -0.1) is 13.2 Å². The molecule has 1 amide bonds. The Hall–Kier alpha value is -1.41. The zero-order valence-corrected chi connectivity index (χ0v) is 11.9. The number of hydrogen-bond donors (Lipinski definition) is 2. The summed E-state index contributed by atoms with van der Waals surface area (Å²) in [4.78, 5) is 11.9. The largest absolute Gasteiger partial charge is 0.573 e. The standard InChI is InChI=1S/C13H15F3N2O2S/c14-13(15,16)20-11-3-1-2-9(6-11)18-12(19)7-10-8-21-5-4-17-10/h1-3,6,10,17H,4-5,7-8H2,(H,18,19). The zero-order chi connectivity index (χ0) is 15.3. The molecule has 1 atom stereocenters. The molecule has 1 aliphatic rings. The summed E-state index contributed by atoms with van der Waals surface area (Å²) in [5.74, 6) is 1.28. The van der Waals surface area contributed by atoms with Crippen LogP contribution in [0.5, 0.6) is 5.75 Å². The predicted molar refractivity (Wildman–Crippen MR) is 75.5 cm³/mol. The number of ether oxygens (including phenoxy) is 1. The lowest BCUT2D eigenvalue weighted by molar-refractivity contribution is -0.274. The molecule has 0 spiro atoms. The number of halogens is 3. The quantitative estimate of drug-likeness (QED) is 0.895. The fourth-order valence-electron chi connectivity index (χ4n) is 1.96. The Morgan fingerprint density at radius 1 is 1.48 bits per heavy atom. The second-order valence-electron chi connectivity index (χ2n) is 4.55. The number of hydrogen-bond acceptors (Lipinski definition) is 4. The molecule has 1 aliphatic heterocycles. The first-order valence-electron chi connectivity index (χ1n) is 6.39. The summed E-state index contributed by atoms with van der Waals surface area (Å²) in [5.41, 5.74) is 0.283. The van der Waals surface area contributed by atoms with Gasteiger partial charge in [0.1, 0.15) is 5.75 Å². The van der Waals surface area contributed by atoms with Crippen molar-refractivity contribution in [3.05, 3.63) is 24.3 Å². The maximum atomic E-state index is 12.1. The van der Waals surface area contributed by atoms with Crippen molar-refractivity contribution >= 4 is 23.4 Å². The van der Waals surface area contributed by atoms with Crippen LogP contribution in [-0.4, -0.2) is 36.4 Å². The Kier molecular flexibility index (Phi) is 5.35. The van der Waals surface area contributed by atoms with Crippen LogP contribution in [0.4, 0.5) is 18.9 Å². The number of carbonyl (C=O) groups is 1. The van der Waals surface area contributed by atoms with E-state index in [-0.39, 0.29) is 29.8 Å². The minimum Gasteiger partial charge on any atom is -0.406 e. The van der Waals surface area contributed by atoms with Gasteiger partial charge in [0.05, 0.1) is 0 Å². The molecule has 0 aliphatic carbocycles. The van der Waals surface area contributed by atoms with Crippen LogP contribution in [0.1, 0.15) is 6.42 Å². The number of thioether (sulfide) groups is 1. The highest BCUT2D eigenvalue weighted by atomic mass is 32.2. The van der Waals surface area contributed by atoms with E-state index in [0.717, 1.165) is 24.1 Å². The molecule has 2 rings (SSSR count). The number of anilines is 1. The van der Waals surface area contributed by atoms with Gasteiger partial charge in [0.15, 0.2) is 0 Å². The molecular weight excluding hydrogens is 305 g/mol. The van der Waals surface area contributed by atoms with E-state index in [9.17, 15) is 18.0 Å². The summed E-state index contributed by atoms with van der Waals surface area (Å²) in [7, 11) is 0. The number of rotatable bonds is 4. The molecule has 8 heteroatoms. The summed E-state index contributed by atoms with van der Waals surface area (Å²) in [6.07, 6.45) is -4.46. The van der Waals surface area contributed by atoms with Crippen molar-refractivity contribution < 1.29 is 22.7 Å². The minimum atomic E-state index is -4.74. The Morgan fingerprint density at radius 3 is 2.95 bits per heavy atom. The van der Waals surface area contributed by atoms with E-state index >= 15 is 0 Å². The van der Waals surface area contributed by atoms with Gasteiger partial charge >= 0.3 is 6.36 Å². The minimum absolute atomic E-state index is 0.0957. The van der Waals surface area contributed by atoms with Gasteiger partial charge in [-0.2, -0.15) is 11.8 Å². The third-order valence-electron chi connectivity index (χ3n) is 2.78. The number of amides is 1. The Morgan fingerprint density at radius 2 is 2.29 bits per heavy atom. The van der Waals surface area contributed by atoms with Crippen LogP contribution in [-0.2, 0) is 4.79 Å². The van der Waals surface area contributed by atoms with E-state index in [1.165, 1.54) is 18.2 Å². The second-order valence-corrected chi connectivity index (χ2v) is 5.70. The first-order chi connectivity index (χ1) is 9.92. The van der Waals surface area contributed by atoms with Gasteiger partial charge in [0.2, 0.25) is 5.91 Å². The molecule has 0 saturated carbocycles. The van der Waals surface area contributed by atoms with Crippen LogP contribution in [0.15, 0.2) is 24.3 Å². The lowest BCUT2D eigenvalue weighted by atomic mass is 10.2. The highest BCUT2D eigenvalue weighted by Gasteiger charge is 2.31. The van der Waals surface area contributed by atoms with Crippen LogP contribution in [0.2, 0.25) is 0 Å². The van der Waals surface area contributed by atoms with Crippen molar-refractivity contribution in [2.45, 2.75) is 18.8 Å². The molecule has 2 N–H and O–H groups in total. The Labute approximate surface area is 124 Å². The van der Waals surface area contributed by atoms with E-state index in [2.05, 4.69) is 15.4 Å². The van der Waals surface area contributed by atoms with Crippen LogP contribution in [0.3, 0.4) is 0 Å². The summed E-state index contributed by atoms with van der Waals surface area (Å²) in [6, 6.07) is 5.34. The summed E-state index contributed by atoms with van der Waals surface area (Å²) < 4.78 is 40.2. The highest BCUT2D eigenvalue weighted by Crippen LogP contribution is 2.25. The fourth-order valence-corrected chi connectivity index (χ4v) is 2.91. The number of carbonyl (C=O) groups excluding carboxylic acids is 1. The van der Waals surface area contributed by atoms with Gasteiger partial charge in [-0.05, 0) is 12.1 Å². The number of nitrogens with one attached hydrogen (secondary N) is 2. The van der Waals surface area contributed by atoms with Crippen LogP contribution < -0.4 is 15.4 Å². The molecule has 0 radical (unpaired) electrons. The van der Waals surface area contributed by atoms with Gasteiger partial charge in [-0.1, -0.05) is 6.07 Å². The fraction of sp³-hybridized carbons (Fsp3) is 0.462. The van der Waals surface area contributed by atoms with Crippen molar-refractivity contribution in [1.29, 1.82) is 0 Å². The smallest absolute Gasteiger partial charge is 0.406 e. The third kappa shape index (κ3) is 5.84. The van der Waals surface area contributed by atoms with Crippen LogP contribution >= 0.6 is 11.8 Å². The van der Waals surface area contributed by atoms with Gasteiger partial charge < -0.3 is 15.4 Å². The normalized spacial score (nSPS) is 19.1. The first-order valence-corrected chi connectivity index (χ1v) is 7.55. The van der Waals surface area contributed by atoms with E-state index < -0.39 is 6.36 Å². The van der Waals surface area contributed by atoms with Gasteiger partial charge in [-0.25, -0.2) is 0 Å². The molecule has 4 nitrogen and oxygen atoms in total. The molecule has 1 unspecified atom stereocenters. The van der Waals surface area contributed by atoms with Gasteiger partial charge in [0.25, 0.3) is 0 Å². The Bertz CT molecular complexity index is 491. The lowest BCUT2D eigenvalue weighted by Gasteiger charge is -2.22. The van der Waals surface area contributed by atoms with Crippen LogP contribution in [0.25, 0.3) is 0 Å². The average Bonchev–Trinajstić information content (AvgIpc) is 2.38. The first kappa shape index (κ1) is 16.0. The van der Waals surface area contributed by atoms with Crippen molar-refractivity contribution in [3.63, 3.8) is 0 Å². The van der Waals surface area contributed by atoms with E-state index in [1.807, 2.05) is 0 Å². The average molecular weight is 320 g/mol. The van der Waals surface area contributed by atoms with Crippen molar-refractivity contribution in [3.8, 4) is 5.75 Å². The number of alkyl halides is 3. The molecule has 21 heavy (non-hydrogen) atoms. The maximum absolute atomic E-state index is 12.1. The van der Waals surface area contributed by atoms with E-state index in [0.29, 0.717) is 0 Å². The molecule has 1 aromatic rings. The van der Waals surface area contributed by atoms with E-state index in [4.69, 9.17) is 0 Å². The third-order valence-corrected chi connectivity index (χ3v) is 3.91. The maximum Gasteiger partial charge on any atom is 0.573 e. The lowest BCUT2D eigenvalue weighted by Crippen LogP contribution is -2.39. The molecule has 1 heterocycles. The molecule has 1 saturated heterocycles.